The Morgan fingerprint density at radius 3 is 1.18 bits per heavy atom. The van der Waals surface area contributed by atoms with Gasteiger partial charge in [-0.15, -0.1) is 22.7 Å². The Morgan fingerprint density at radius 2 is 0.582 bits per heavy atom. The van der Waals surface area contributed by atoms with Gasteiger partial charge in [-0.3, -0.25) is 0 Å². The van der Waals surface area contributed by atoms with Gasteiger partial charge >= 0.3 is 0 Å². The molecule has 0 saturated carbocycles. The molecule has 0 amide bonds. The molecule has 0 unspecified atom stereocenters. The van der Waals surface area contributed by atoms with Gasteiger partial charge in [-0.1, -0.05) is 249 Å². The number of hydrogen-bond donors (Lipinski definition) is 0. The summed E-state index contributed by atoms with van der Waals surface area (Å²) >= 11 is 3.71. The third kappa shape index (κ3) is 10.9. The van der Waals surface area contributed by atoms with E-state index in [1.807, 2.05) is 34.8 Å². The number of rotatable bonds is 13. The lowest BCUT2D eigenvalue weighted by Gasteiger charge is -2.26. The van der Waals surface area contributed by atoms with Crippen LogP contribution < -0.4 is 9.80 Å². The van der Waals surface area contributed by atoms with Crippen LogP contribution in [-0.2, 0) is 0 Å². The monoisotopic (exact) mass is 1440 g/mol. The standard InChI is InChI=1S/C104H64N2O2S2/c1-3-16-71-58-73(34-32-65(71)14-1)67-36-47-80(48-37-67)105(82-51-40-69(41-52-82)76-44-55-90-89-22-5-7-28-95(89)107-97(90)63-76)84-20-10-19-79(61-84)87-25-13-31-100-103(87)93-56-45-77(64-101(93)110-100)75-46-57-96-94(62-75)91-27-11-26-88(104(91)108-96)70-42-53-83(54-43-70)106(81-49-38-68(39-50-81)74-35-33-66-15-2-4-17-72(66)59-74)85-21-9-18-78(60-85)86-24-12-30-99-102(86)92-23-6-8-29-98(92)109-99/h1-64H. The fraction of sp³-hybridized carbons (Fsp3) is 0. The second-order valence-corrected chi connectivity index (χ2v) is 30.8. The van der Waals surface area contributed by atoms with E-state index in [1.54, 1.807) is 0 Å². The molecule has 4 heterocycles. The van der Waals surface area contributed by atoms with E-state index in [2.05, 4.69) is 386 Å². The molecule has 18 aromatic carbocycles. The maximum absolute atomic E-state index is 6.92. The Bertz CT molecular complexity index is 7410. The van der Waals surface area contributed by atoms with E-state index in [1.165, 1.54) is 101 Å². The molecule has 4 nitrogen and oxygen atoms in total. The summed E-state index contributed by atoms with van der Waals surface area (Å²) in [5.74, 6) is 0. The molecule has 0 spiro atoms. The summed E-state index contributed by atoms with van der Waals surface area (Å²) in [6, 6.07) is 142. The first-order valence-electron chi connectivity index (χ1n) is 37.4. The molecule has 22 rings (SSSR count). The van der Waals surface area contributed by atoms with Crippen molar-refractivity contribution in [2.24, 2.45) is 0 Å². The van der Waals surface area contributed by atoms with Gasteiger partial charge in [-0.25, -0.2) is 0 Å². The van der Waals surface area contributed by atoms with Gasteiger partial charge in [-0.05, 0) is 233 Å². The minimum Gasteiger partial charge on any atom is -0.456 e. The highest BCUT2D eigenvalue weighted by atomic mass is 32.1. The Balaban J connectivity index is 0.581. The van der Waals surface area contributed by atoms with Crippen LogP contribution in [0.15, 0.2) is 397 Å². The highest BCUT2D eigenvalue weighted by Crippen LogP contribution is 2.48. The molecule has 0 saturated heterocycles. The molecule has 6 heteroatoms. The Morgan fingerprint density at radius 1 is 0.182 bits per heavy atom. The summed E-state index contributed by atoms with van der Waals surface area (Å²) in [5.41, 5.74) is 26.0. The van der Waals surface area contributed by atoms with Gasteiger partial charge in [0, 0.05) is 102 Å². The Labute approximate surface area is 642 Å². The van der Waals surface area contributed by atoms with Crippen LogP contribution in [0.3, 0.4) is 0 Å². The molecule has 0 atom stereocenters. The lowest BCUT2D eigenvalue weighted by atomic mass is 9.96. The molecule has 110 heavy (non-hydrogen) atoms. The van der Waals surface area contributed by atoms with E-state index < -0.39 is 0 Å². The predicted molar refractivity (Wildman–Crippen MR) is 469 cm³/mol. The summed E-state index contributed by atoms with van der Waals surface area (Å²) < 4.78 is 18.4. The van der Waals surface area contributed by atoms with Crippen molar-refractivity contribution in [1.82, 2.24) is 0 Å². The smallest absolute Gasteiger partial charge is 0.143 e. The van der Waals surface area contributed by atoms with Gasteiger partial charge in [0.15, 0.2) is 0 Å². The SMILES string of the molecule is c1cc(-c2cccc3sc4ccccc4c23)cc(N(c2ccc(-c3ccc4ccccc4c3)cc2)c2ccc(-c3cccc4c3oc3ccc(-c5ccc6c(c5)sc5cccc(-c7cccc(N(c8ccc(-c9ccc%10ccccc%10c9)cc8)c8ccc(-c9ccc%10c(c9)oc9ccccc9%10)cc8)c7)c56)cc34)cc2)c1. The van der Waals surface area contributed by atoms with Crippen molar-refractivity contribution in [1.29, 1.82) is 0 Å². The third-order valence-electron chi connectivity index (χ3n) is 22.3. The molecule has 0 aliphatic carbocycles. The molecule has 0 fully saturated rings. The zero-order valence-electron chi connectivity index (χ0n) is 59.5. The van der Waals surface area contributed by atoms with E-state index in [-0.39, 0.29) is 0 Å². The molecule has 0 aliphatic heterocycles. The summed E-state index contributed by atoms with van der Waals surface area (Å²) in [6.45, 7) is 0. The van der Waals surface area contributed by atoms with E-state index >= 15 is 0 Å². The molecular formula is C104H64N2O2S2. The summed E-state index contributed by atoms with van der Waals surface area (Å²) in [6.07, 6.45) is 0. The summed E-state index contributed by atoms with van der Waals surface area (Å²) in [5, 5.41) is 14.5. The van der Waals surface area contributed by atoms with Gasteiger partial charge in [0.2, 0.25) is 0 Å². The first-order chi connectivity index (χ1) is 54.4. The Hall–Kier alpha value is -13.9. The first kappa shape index (κ1) is 63.4. The number of fused-ring (bicyclic) bond motifs is 14. The van der Waals surface area contributed by atoms with Crippen LogP contribution in [0.1, 0.15) is 0 Å². The molecule has 514 valence electrons. The second-order valence-electron chi connectivity index (χ2n) is 28.7. The van der Waals surface area contributed by atoms with Gasteiger partial charge in [0.1, 0.15) is 22.3 Å². The number of furan rings is 2. The minimum atomic E-state index is 0.859. The average Bonchev–Trinajstić information content (AvgIpc) is 1.59. The number of nitrogens with zero attached hydrogens (tertiary/aromatic N) is 2. The van der Waals surface area contributed by atoms with Gasteiger partial charge in [0.05, 0.1) is 0 Å². The number of benzene rings is 18. The van der Waals surface area contributed by atoms with Crippen molar-refractivity contribution in [2.45, 2.75) is 0 Å². The van der Waals surface area contributed by atoms with Crippen LogP contribution in [0, 0.1) is 0 Å². The fourth-order valence-electron chi connectivity index (χ4n) is 16.8. The van der Waals surface area contributed by atoms with Gasteiger partial charge in [-0.2, -0.15) is 0 Å². The topological polar surface area (TPSA) is 32.8 Å². The number of anilines is 6. The van der Waals surface area contributed by atoms with E-state index in [0.717, 1.165) is 117 Å². The minimum absolute atomic E-state index is 0.859. The van der Waals surface area contributed by atoms with Crippen LogP contribution in [0.25, 0.3) is 184 Å². The van der Waals surface area contributed by atoms with Crippen molar-refractivity contribution in [3.8, 4) is 77.9 Å². The molecule has 4 aromatic heterocycles. The van der Waals surface area contributed by atoms with Crippen LogP contribution in [0.4, 0.5) is 34.1 Å². The normalized spacial score (nSPS) is 11.8. The molecule has 0 aliphatic rings. The van der Waals surface area contributed by atoms with Crippen molar-refractivity contribution < 1.29 is 8.83 Å². The molecule has 0 bridgehead atoms. The third-order valence-corrected chi connectivity index (χ3v) is 24.5. The lowest BCUT2D eigenvalue weighted by Crippen LogP contribution is -2.10. The number of hydrogen-bond acceptors (Lipinski definition) is 6. The largest absolute Gasteiger partial charge is 0.456 e. The maximum Gasteiger partial charge on any atom is 0.143 e. The van der Waals surface area contributed by atoms with Crippen molar-refractivity contribution >= 4 is 163 Å². The number of thiophene rings is 2. The highest BCUT2D eigenvalue weighted by molar-refractivity contribution is 7.26. The van der Waals surface area contributed by atoms with Crippen LogP contribution in [-0.4, -0.2) is 0 Å². The van der Waals surface area contributed by atoms with Crippen LogP contribution >= 0.6 is 22.7 Å². The quantitative estimate of drug-likeness (QED) is 0.115. The molecule has 22 aromatic rings. The average molecular weight is 1440 g/mol. The zero-order chi connectivity index (χ0) is 72.3. The first-order valence-corrected chi connectivity index (χ1v) is 39.0. The van der Waals surface area contributed by atoms with E-state index in [9.17, 15) is 0 Å². The zero-order valence-corrected chi connectivity index (χ0v) is 61.1. The summed E-state index contributed by atoms with van der Waals surface area (Å²) in [4.78, 5) is 4.77. The van der Waals surface area contributed by atoms with Crippen molar-refractivity contribution in [3.05, 3.63) is 388 Å². The maximum atomic E-state index is 6.92. The fourth-order valence-corrected chi connectivity index (χ4v) is 19.1. The van der Waals surface area contributed by atoms with Gasteiger partial charge < -0.3 is 18.6 Å². The lowest BCUT2D eigenvalue weighted by molar-refractivity contribution is 0.669. The van der Waals surface area contributed by atoms with Crippen molar-refractivity contribution in [3.63, 3.8) is 0 Å². The highest BCUT2D eigenvalue weighted by Gasteiger charge is 2.22. The van der Waals surface area contributed by atoms with E-state index in [0.29, 0.717) is 0 Å². The van der Waals surface area contributed by atoms with E-state index in [4.69, 9.17) is 8.83 Å². The molecule has 0 radical (unpaired) electrons. The van der Waals surface area contributed by atoms with Crippen LogP contribution in [0.2, 0.25) is 0 Å². The second kappa shape index (κ2) is 26.0. The predicted octanol–water partition coefficient (Wildman–Crippen LogP) is 31.1. The molecular weight excluding hydrogens is 1370 g/mol. The van der Waals surface area contributed by atoms with Crippen molar-refractivity contribution in [2.75, 3.05) is 9.80 Å². The van der Waals surface area contributed by atoms with Crippen LogP contribution in [0.5, 0.6) is 0 Å². The molecule has 0 N–H and O–H groups in total. The Kier molecular flexibility index (Phi) is 15.0. The van der Waals surface area contributed by atoms with Gasteiger partial charge in [0.25, 0.3) is 0 Å². The number of para-hydroxylation sites is 2. The summed E-state index contributed by atoms with van der Waals surface area (Å²) in [7, 11) is 0.